The van der Waals surface area contributed by atoms with Crippen LogP contribution in [0.15, 0.2) is 43.1 Å². The number of rotatable bonds is 7. The molecule has 0 radical (unpaired) electrons. The molecule has 1 amide bonds. The van der Waals surface area contributed by atoms with E-state index in [-0.39, 0.29) is 57.0 Å². The lowest BCUT2D eigenvalue weighted by Gasteiger charge is -2.34. The Hall–Kier alpha value is -4.86. The highest BCUT2D eigenvalue weighted by atomic mass is 19.1. The van der Waals surface area contributed by atoms with Gasteiger partial charge in [-0.2, -0.15) is 9.97 Å². The zero-order chi connectivity index (χ0) is 34.5. The third kappa shape index (κ3) is 5.81. The number of pyridine rings is 1. The van der Waals surface area contributed by atoms with E-state index >= 15 is 4.39 Å². The summed E-state index contributed by atoms with van der Waals surface area (Å²) in [6, 6.07) is 4.67. The molecule has 0 aliphatic carbocycles. The van der Waals surface area contributed by atoms with Gasteiger partial charge in [0.1, 0.15) is 35.2 Å². The monoisotopic (exact) mass is 668 g/mol. The normalized spacial score (nSPS) is 22.1. The summed E-state index contributed by atoms with van der Waals surface area (Å²) in [4.78, 5) is 30.5. The Morgan fingerprint density at radius 2 is 1.94 bits per heavy atom. The minimum atomic E-state index is -1.24. The predicted molar refractivity (Wildman–Crippen MR) is 182 cm³/mol. The molecule has 3 aliphatic rings. The van der Waals surface area contributed by atoms with Gasteiger partial charge in [-0.05, 0) is 88.2 Å². The number of terminal acetylenes is 1. The summed E-state index contributed by atoms with van der Waals surface area (Å²) in [5, 5.41) is 25.6. The number of phenols is 1. The molecule has 5 heterocycles. The lowest BCUT2D eigenvalue weighted by Crippen LogP contribution is -2.54. The number of fused-ring (bicyclic) bond motifs is 3. The van der Waals surface area contributed by atoms with E-state index < -0.39 is 29.2 Å². The van der Waals surface area contributed by atoms with Crippen molar-refractivity contribution in [1.29, 1.82) is 0 Å². The number of anilines is 1. The van der Waals surface area contributed by atoms with Crippen LogP contribution in [0.1, 0.15) is 51.0 Å². The first-order valence-corrected chi connectivity index (χ1v) is 16.6. The molecule has 4 aromatic rings. The van der Waals surface area contributed by atoms with Crippen LogP contribution in [-0.4, -0.2) is 85.9 Å². The lowest BCUT2D eigenvalue weighted by atomic mass is 9.92. The number of hydrogen-bond acceptors (Lipinski definition) is 9. The van der Waals surface area contributed by atoms with Crippen LogP contribution in [0.3, 0.4) is 0 Å². The van der Waals surface area contributed by atoms with Crippen LogP contribution in [0.5, 0.6) is 11.8 Å². The Labute approximate surface area is 282 Å². The van der Waals surface area contributed by atoms with Crippen molar-refractivity contribution in [2.24, 2.45) is 0 Å². The summed E-state index contributed by atoms with van der Waals surface area (Å²) >= 11 is 0. The summed E-state index contributed by atoms with van der Waals surface area (Å²) in [5.41, 5.74) is -1.61. The Morgan fingerprint density at radius 1 is 1.18 bits per heavy atom. The maximum atomic E-state index is 17.0. The number of ether oxygens (including phenoxy) is 1. The highest BCUT2D eigenvalue weighted by Gasteiger charge is 2.45. The molecule has 3 fully saturated rings. The molecule has 2 aromatic carbocycles. The minimum absolute atomic E-state index is 0.0227. The molecule has 254 valence electrons. The number of benzene rings is 2. The molecule has 12 heteroatoms. The van der Waals surface area contributed by atoms with Gasteiger partial charge in [-0.25, -0.2) is 8.78 Å². The predicted octanol–water partition coefficient (Wildman–Crippen LogP) is 4.84. The van der Waals surface area contributed by atoms with E-state index in [1.165, 1.54) is 30.5 Å². The summed E-state index contributed by atoms with van der Waals surface area (Å²) in [6.07, 6.45) is 13.3. The zero-order valence-corrected chi connectivity index (χ0v) is 27.3. The van der Waals surface area contributed by atoms with Gasteiger partial charge in [0.25, 0.3) is 0 Å². The number of aromatic nitrogens is 3. The Balaban J connectivity index is 1.38. The number of aromatic hydroxyl groups is 1. The molecule has 49 heavy (non-hydrogen) atoms. The van der Waals surface area contributed by atoms with E-state index in [4.69, 9.17) is 16.1 Å². The number of nitrogens with one attached hydrogen (secondary N) is 1. The average molecular weight is 669 g/mol. The second-order valence-corrected chi connectivity index (χ2v) is 13.6. The van der Waals surface area contributed by atoms with Crippen LogP contribution in [0, 0.1) is 24.0 Å². The lowest BCUT2D eigenvalue weighted by molar-refractivity contribution is -0.119. The number of aliphatic hydroxyl groups is 1. The topological polar surface area (TPSA) is 124 Å². The minimum Gasteiger partial charge on any atom is -0.508 e. The Bertz CT molecular complexity index is 2020. The molecule has 2 aromatic heterocycles. The summed E-state index contributed by atoms with van der Waals surface area (Å²) in [7, 11) is 0. The van der Waals surface area contributed by atoms with E-state index in [9.17, 15) is 19.4 Å². The third-order valence-corrected chi connectivity index (χ3v) is 10.4. The van der Waals surface area contributed by atoms with Gasteiger partial charge in [0.2, 0.25) is 5.91 Å². The fraction of sp³-hybridized carbons (Fsp3) is 0.405. The second kappa shape index (κ2) is 12.5. The molecule has 0 unspecified atom stereocenters. The summed E-state index contributed by atoms with van der Waals surface area (Å²) in [6.45, 7) is 8.14. The van der Waals surface area contributed by atoms with E-state index in [1.54, 1.807) is 6.92 Å². The number of carbonyl (C=O) groups excluding carboxylic acids is 1. The number of hydrogen-bond donors (Lipinski definition) is 3. The molecule has 0 spiro atoms. The molecule has 0 bridgehead atoms. The molecule has 3 saturated heterocycles. The Kier molecular flexibility index (Phi) is 8.37. The van der Waals surface area contributed by atoms with E-state index in [0.29, 0.717) is 37.2 Å². The molecule has 2 atom stereocenters. The number of phenolic OH excluding ortho intramolecular Hbond substituents is 1. The molecular formula is C37H38F2N6O4. The second-order valence-electron chi connectivity index (χ2n) is 13.6. The molecule has 3 N–H and O–H groups in total. The van der Waals surface area contributed by atoms with Crippen molar-refractivity contribution < 1.29 is 28.5 Å². The van der Waals surface area contributed by atoms with Crippen molar-refractivity contribution in [2.75, 3.05) is 37.7 Å². The van der Waals surface area contributed by atoms with Gasteiger partial charge in [0, 0.05) is 30.2 Å². The van der Waals surface area contributed by atoms with Crippen LogP contribution >= 0.6 is 0 Å². The van der Waals surface area contributed by atoms with E-state index in [1.807, 2.05) is 4.90 Å². The van der Waals surface area contributed by atoms with Crippen molar-refractivity contribution >= 4 is 33.4 Å². The van der Waals surface area contributed by atoms with Gasteiger partial charge in [-0.3, -0.25) is 14.7 Å². The molecule has 10 nitrogen and oxygen atoms in total. The van der Waals surface area contributed by atoms with Crippen molar-refractivity contribution in [3.8, 4) is 35.4 Å². The first-order valence-electron chi connectivity index (χ1n) is 16.6. The largest absolute Gasteiger partial charge is 0.508 e. The number of halogens is 2. The van der Waals surface area contributed by atoms with Gasteiger partial charge in [0.05, 0.1) is 28.1 Å². The van der Waals surface area contributed by atoms with Gasteiger partial charge in [0.15, 0.2) is 5.82 Å². The molecule has 0 saturated carbocycles. The standard InChI is InChI=1S/C37H38F2N6O4/c1-4-24-27(38)10-9-22-17-23(46)18-25(30(22)24)32-31(39)33-26(19-40-32)34(44-14-6-11-36(3,48)28(20-44)41-29(47)5-2)43-35(42-33)49-21-37-12-7-15-45(37)16-8-13-37/h1,5,9-10,17-19,28,46,48H,2,6-8,11-16,20-21H2,3H3,(H,41,47)/t28-,36+/m1/s1. The van der Waals surface area contributed by atoms with Crippen molar-refractivity contribution in [2.45, 2.75) is 62.6 Å². The van der Waals surface area contributed by atoms with Gasteiger partial charge >= 0.3 is 6.01 Å². The van der Waals surface area contributed by atoms with Crippen molar-refractivity contribution in [3.05, 3.63) is 60.3 Å². The van der Waals surface area contributed by atoms with Crippen LogP contribution in [0.2, 0.25) is 0 Å². The fourth-order valence-corrected chi connectivity index (χ4v) is 7.86. The quantitative estimate of drug-likeness (QED) is 0.188. The highest BCUT2D eigenvalue weighted by Crippen LogP contribution is 2.41. The van der Waals surface area contributed by atoms with Crippen LogP contribution < -0.4 is 15.0 Å². The number of nitrogens with zero attached hydrogens (tertiary/aromatic N) is 5. The van der Waals surface area contributed by atoms with Gasteiger partial charge in [-0.1, -0.05) is 18.6 Å². The van der Waals surface area contributed by atoms with Crippen LogP contribution in [-0.2, 0) is 4.79 Å². The first kappa shape index (κ1) is 32.7. The number of amides is 1. The maximum Gasteiger partial charge on any atom is 0.319 e. The smallest absolute Gasteiger partial charge is 0.319 e. The summed E-state index contributed by atoms with van der Waals surface area (Å²) in [5.74, 6) is 0.596. The fourth-order valence-electron chi connectivity index (χ4n) is 7.86. The van der Waals surface area contributed by atoms with Crippen molar-refractivity contribution in [3.63, 3.8) is 0 Å². The zero-order valence-electron chi connectivity index (χ0n) is 27.3. The molecule has 3 aliphatic heterocycles. The van der Waals surface area contributed by atoms with Crippen molar-refractivity contribution in [1.82, 2.24) is 25.2 Å². The highest BCUT2D eigenvalue weighted by molar-refractivity contribution is 6.03. The molecule has 7 rings (SSSR count). The average Bonchev–Trinajstić information content (AvgIpc) is 3.63. The van der Waals surface area contributed by atoms with Crippen LogP contribution in [0.25, 0.3) is 32.9 Å². The first-order chi connectivity index (χ1) is 23.5. The maximum absolute atomic E-state index is 17.0. The SMILES string of the molecule is C#Cc1c(F)ccc2cc(O)cc(-c3ncc4c(N5CCC[C@](C)(O)[C@H](NC(=O)C=C)C5)nc(OCC56CCCN5CCC6)nc4c3F)c12. The number of carbonyl (C=O) groups is 1. The van der Waals surface area contributed by atoms with Gasteiger partial charge in [-0.15, -0.1) is 6.42 Å². The van der Waals surface area contributed by atoms with Crippen LogP contribution in [0.4, 0.5) is 14.6 Å². The summed E-state index contributed by atoms with van der Waals surface area (Å²) < 4.78 is 38.2. The van der Waals surface area contributed by atoms with E-state index in [0.717, 1.165) is 44.8 Å². The van der Waals surface area contributed by atoms with Gasteiger partial charge < -0.3 is 25.2 Å². The molecular weight excluding hydrogens is 630 g/mol. The van der Waals surface area contributed by atoms with E-state index in [2.05, 4.69) is 32.7 Å². The third-order valence-electron chi connectivity index (χ3n) is 10.4. The Morgan fingerprint density at radius 3 is 2.67 bits per heavy atom.